The normalized spacial score (nSPS) is 11.1. The molecule has 0 radical (unpaired) electrons. The van der Waals surface area contributed by atoms with Gasteiger partial charge < -0.3 is 14.6 Å². The van der Waals surface area contributed by atoms with E-state index in [-0.39, 0.29) is 19.6 Å². The number of thiazole rings is 1. The molecule has 2 aromatic heterocycles. The van der Waals surface area contributed by atoms with E-state index in [1.807, 2.05) is 16.8 Å². The predicted octanol–water partition coefficient (Wildman–Crippen LogP) is 6.31. The van der Waals surface area contributed by atoms with Crippen molar-refractivity contribution in [2.45, 2.75) is 40.2 Å². The monoisotopic (exact) mass is 493 g/mol. The first kappa shape index (κ1) is 24.9. The van der Waals surface area contributed by atoms with Crippen LogP contribution in [0.25, 0.3) is 5.70 Å². The standard InChI is InChI=1S/C24H26ClF2N3O2S/c1-5-32-22(31)11-20-23(25)33-24(29-20)28-15(4)21-9-16(8-14(2)3)12-30(21)13-17-6-7-18(26)10-19(17)27/h6-7,9-10,12,14H,4-5,8,11,13H2,1-3H3,(H,28,29). The highest BCUT2D eigenvalue weighted by atomic mass is 35.5. The van der Waals surface area contributed by atoms with Crippen LogP contribution in [0.15, 0.2) is 37.0 Å². The Bertz CT molecular complexity index is 1160. The van der Waals surface area contributed by atoms with Crippen LogP contribution in [0.4, 0.5) is 13.9 Å². The first-order valence-corrected chi connectivity index (χ1v) is 11.8. The van der Waals surface area contributed by atoms with Crippen molar-refractivity contribution in [2.24, 2.45) is 5.92 Å². The minimum atomic E-state index is -0.616. The molecule has 3 rings (SSSR count). The third-order valence-corrected chi connectivity index (χ3v) is 6.04. The zero-order chi connectivity index (χ0) is 24.1. The van der Waals surface area contributed by atoms with Crippen LogP contribution in [-0.4, -0.2) is 22.1 Å². The molecule has 0 saturated carbocycles. The minimum absolute atomic E-state index is 0.0178. The van der Waals surface area contributed by atoms with E-state index in [2.05, 4.69) is 30.7 Å². The number of benzene rings is 1. The largest absolute Gasteiger partial charge is 0.466 e. The maximum Gasteiger partial charge on any atom is 0.311 e. The fourth-order valence-electron chi connectivity index (χ4n) is 3.41. The smallest absolute Gasteiger partial charge is 0.311 e. The van der Waals surface area contributed by atoms with Gasteiger partial charge in [-0.05, 0) is 37.0 Å². The van der Waals surface area contributed by atoms with Gasteiger partial charge in [0.2, 0.25) is 0 Å². The van der Waals surface area contributed by atoms with Gasteiger partial charge in [-0.25, -0.2) is 13.8 Å². The Morgan fingerprint density at radius 2 is 2.09 bits per heavy atom. The van der Waals surface area contributed by atoms with Gasteiger partial charge >= 0.3 is 5.97 Å². The molecule has 0 atom stereocenters. The summed E-state index contributed by atoms with van der Waals surface area (Å²) < 4.78 is 34.8. The average molecular weight is 494 g/mol. The van der Waals surface area contributed by atoms with Crippen molar-refractivity contribution in [1.82, 2.24) is 9.55 Å². The van der Waals surface area contributed by atoms with Crippen LogP contribution in [0, 0.1) is 17.6 Å². The van der Waals surface area contributed by atoms with Crippen LogP contribution in [0.2, 0.25) is 4.34 Å². The number of hydrogen-bond donors (Lipinski definition) is 1. The third-order valence-electron chi connectivity index (χ3n) is 4.79. The Labute approximate surface area is 201 Å². The lowest BCUT2D eigenvalue weighted by Crippen LogP contribution is -2.09. The lowest BCUT2D eigenvalue weighted by atomic mass is 10.1. The van der Waals surface area contributed by atoms with Crippen molar-refractivity contribution in [3.63, 3.8) is 0 Å². The number of nitrogens with one attached hydrogen (secondary N) is 1. The summed E-state index contributed by atoms with van der Waals surface area (Å²) in [7, 11) is 0. The number of carbonyl (C=O) groups excluding carboxylic acids is 1. The van der Waals surface area contributed by atoms with Crippen LogP contribution in [0.3, 0.4) is 0 Å². The van der Waals surface area contributed by atoms with Crippen LogP contribution in [0.1, 0.15) is 43.3 Å². The number of rotatable bonds is 10. The molecule has 0 aliphatic carbocycles. The highest BCUT2D eigenvalue weighted by Gasteiger charge is 2.17. The molecule has 1 N–H and O–H groups in total. The summed E-state index contributed by atoms with van der Waals surface area (Å²) in [6.07, 6.45) is 2.77. The highest BCUT2D eigenvalue weighted by molar-refractivity contribution is 7.19. The van der Waals surface area contributed by atoms with Crippen molar-refractivity contribution in [3.8, 4) is 0 Å². The van der Waals surface area contributed by atoms with E-state index in [0.29, 0.717) is 32.3 Å². The fraction of sp³-hybridized carbons (Fsp3) is 0.333. The molecular formula is C24H26ClF2N3O2S. The van der Waals surface area contributed by atoms with Gasteiger partial charge in [0.1, 0.15) is 16.0 Å². The Morgan fingerprint density at radius 1 is 1.33 bits per heavy atom. The van der Waals surface area contributed by atoms with E-state index in [1.165, 1.54) is 23.5 Å². The van der Waals surface area contributed by atoms with Crippen molar-refractivity contribution in [1.29, 1.82) is 0 Å². The second kappa shape index (κ2) is 10.9. The number of aromatic nitrogens is 2. The topological polar surface area (TPSA) is 56.1 Å². The molecule has 3 aromatic rings. The van der Waals surface area contributed by atoms with Crippen LogP contribution in [0.5, 0.6) is 0 Å². The van der Waals surface area contributed by atoms with E-state index < -0.39 is 17.6 Å². The van der Waals surface area contributed by atoms with Gasteiger partial charge in [0.25, 0.3) is 0 Å². The predicted molar refractivity (Wildman–Crippen MR) is 129 cm³/mol. The fourth-order valence-corrected chi connectivity index (χ4v) is 4.47. The first-order chi connectivity index (χ1) is 15.7. The van der Waals surface area contributed by atoms with Gasteiger partial charge in [0, 0.05) is 17.8 Å². The molecule has 33 heavy (non-hydrogen) atoms. The summed E-state index contributed by atoms with van der Waals surface area (Å²) in [6, 6.07) is 5.55. The number of anilines is 1. The molecule has 0 fully saturated rings. The van der Waals surface area contributed by atoms with Crippen molar-refractivity contribution in [3.05, 3.63) is 75.5 Å². The summed E-state index contributed by atoms with van der Waals surface area (Å²) in [5, 5.41) is 3.62. The molecule has 0 amide bonds. The van der Waals surface area contributed by atoms with Crippen LogP contribution < -0.4 is 5.32 Å². The summed E-state index contributed by atoms with van der Waals surface area (Å²) >= 11 is 7.44. The maximum atomic E-state index is 14.3. The second-order valence-electron chi connectivity index (χ2n) is 8.02. The van der Waals surface area contributed by atoms with Gasteiger partial charge in [0.05, 0.1) is 36.7 Å². The Balaban J connectivity index is 1.84. The van der Waals surface area contributed by atoms with Gasteiger partial charge in [-0.1, -0.05) is 49.4 Å². The maximum absolute atomic E-state index is 14.3. The first-order valence-electron chi connectivity index (χ1n) is 10.6. The van der Waals surface area contributed by atoms with E-state index in [4.69, 9.17) is 16.3 Å². The van der Waals surface area contributed by atoms with Crippen molar-refractivity contribution < 1.29 is 18.3 Å². The third kappa shape index (κ3) is 6.65. The number of nitrogens with zero attached hydrogens (tertiary/aromatic N) is 2. The minimum Gasteiger partial charge on any atom is -0.466 e. The number of esters is 1. The molecule has 0 aliphatic heterocycles. The average Bonchev–Trinajstić information content (AvgIpc) is 3.26. The molecule has 9 heteroatoms. The zero-order valence-electron chi connectivity index (χ0n) is 18.8. The molecule has 0 spiro atoms. The molecular weight excluding hydrogens is 468 g/mol. The Hall–Kier alpha value is -2.71. The number of carbonyl (C=O) groups is 1. The lowest BCUT2D eigenvalue weighted by Gasteiger charge is -2.12. The van der Waals surface area contributed by atoms with Gasteiger partial charge in [-0.2, -0.15) is 0 Å². The molecule has 2 heterocycles. The Kier molecular flexibility index (Phi) is 8.26. The quantitative estimate of drug-likeness (QED) is 0.336. The van der Waals surface area contributed by atoms with E-state index in [1.54, 1.807) is 6.92 Å². The van der Waals surface area contributed by atoms with Crippen molar-refractivity contribution >= 4 is 39.7 Å². The molecule has 0 aliphatic rings. The summed E-state index contributed by atoms with van der Waals surface area (Å²) in [5.41, 5.74) is 3.16. The van der Waals surface area contributed by atoms with E-state index >= 15 is 0 Å². The summed E-state index contributed by atoms with van der Waals surface area (Å²) in [5.74, 6) is -1.19. The van der Waals surface area contributed by atoms with Gasteiger partial charge in [-0.15, -0.1) is 0 Å². The van der Waals surface area contributed by atoms with E-state index in [0.717, 1.165) is 23.7 Å². The van der Waals surface area contributed by atoms with Gasteiger partial charge in [0.15, 0.2) is 5.13 Å². The SMILES string of the molecule is C=C(Nc1nc(CC(=O)OCC)c(Cl)s1)c1cc(CC(C)C)cn1Cc1ccc(F)cc1F. The second-order valence-corrected chi connectivity index (χ2v) is 9.62. The number of hydrogen-bond acceptors (Lipinski definition) is 5. The summed E-state index contributed by atoms with van der Waals surface area (Å²) in [6.45, 7) is 10.6. The van der Waals surface area contributed by atoms with Crippen LogP contribution in [-0.2, 0) is 28.9 Å². The molecule has 176 valence electrons. The molecule has 0 saturated heterocycles. The Morgan fingerprint density at radius 3 is 2.76 bits per heavy atom. The number of ether oxygens (including phenoxy) is 1. The number of halogens is 3. The molecule has 0 unspecified atom stereocenters. The molecule has 0 bridgehead atoms. The molecule has 1 aromatic carbocycles. The molecule has 5 nitrogen and oxygen atoms in total. The van der Waals surface area contributed by atoms with E-state index in [9.17, 15) is 13.6 Å². The lowest BCUT2D eigenvalue weighted by molar-refractivity contribution is -0.142. The highest BCUT2D eigenvalue weighted by Crippen LogP contribution is 2.31. The summed E-state index contributed by atoms with van der Waals surface area (Å²) in [4.78, 5) is 16.2. The van der Waals surface area contributed by atoms with Crippen molar-refractivity contribution in [2.75, 3.05) is 11.9 Å². The van der Waals surface area contributed by atoms with Gasteiger partial charge in [-0.3, -0.25) is 4.79 Å². The van der Waals surface area contributed by atoms with Crippen LogP contribution >= 0.6 is 22.9 Å². The zero-order valence-corrected chi connectivity index (χ0v) is 20.3.